The summed E-state index contributed by atoms with van der Waals surface area (Å²) < 4.78 is 5.73. The summed E-state index contributed by atoms with van der Waals surface area (Å²) in [6.45, 7) is 8.89. The van der Waals surface area contributed by atoms with Gasteiger partial charge in [-0.15, -0.1) is 12.4 Å². The standard InChI is InChI=1S/C12H24N2O2.ClH/c1-9(2)8-16-11-4-5-14(7-11)12(15)10(3)6-13;/h9-11H,4-8,13H2,1-3H3;1H. The third kappa shape index (κ3) is 5.23. The average Bonchev–Trinajstić information content (AvgIpc) is 2.72. The van der Waals surface area contributed by atoms with Crippen LogP contribution in [0.3, 0.4) is 0 Å². The second-order valence-electron chi connectivity index (χ2n) is 5.06. The summed E-state index contributed by atoms with van der Waals surface area (Å²) in [5, 5.41) is 0. The predicted octanol–water partition coefficient (Wildman–Crippen LogP) is 1.28. The zero-order valence-corrected chi connectivity index (χ0v) is 11.8. The third-order valence-electron chi connectivity index (χ3n) is 2.90. The molecule has 0 radical (unpaired) electrons. The highest BCUT2D eigenvalue weighted by atomic mass is 35.5. The van der Waals surface area contributed by atoms with E-state index in [1.165, 1.54) is 0 Å². The maximum Gasteiger partial charge on any atom is 0.226 e. The van der Waals surface area contributed by atoms with Crippen molar-refractivity contribution >= 4 is 18.3 Å². The lowest BCUT2D eigenvalue weighted by molar-refractivity contribution is -0.134. The van der Waals surface area contributed by atoms with Crippen LogP contribution in [-0.2, 0) is 9.53 Å². The molecule has 1 rings (SSSR count). The molecule has 4 nitrogen and oxygen atoms in total. The van der Waals surface area contributed by atoms with Gasteiger partial charge in [-0.3, -0.25) is 4.79 Å². The number of amides is 1. The van der Waals surface area contributed by atoms with Gasteiger partial charge in [0.25, 0.3) is 0 Å². The Bertz CT molecular complexity index is 237. The molecule has 1 saturated heterocycles. The molecule has 1 aliphatic rings. The molecule has 0 spiro atoms. The zero-order valence-electron chi connectivity index (χ0n) is 11.0. The quantitative estimate of drug-likeness (QED) is 0.814. The number of carbonyl (C=O) groups excluding carboxylic acids is 1. The van der Waals surface area contributed by atoms with Gasteiger partial charge >= 0.3 is 0 Å². The fraction of sp³-hybridized carbons (Fsp3) is 0.917. The van der Waals surface area contributed by atoms with E-state index in [2.05, 4.69) is 13.8 Å². The van der Waals surface area contributed by atoms with Crippen molar-refractivity contribution in [3.8, 4) is 0 Å². The maximum atomic E-state index is 11.9. The van der Waals surface area contributed by atoms with Crippen molar-refractivity contribution in [3.63, 3.8) is 0 Å². The first-order valence-corrected chi connectivity index (χ1v) is 6.15. The number of nitrogens with zero attached hydrogens (tertiary/aromatic N) is 1. The summed E-state index contributed by atoms with van der Waals surface area (Å²) in [4.78, 5) is 13.7. The van der Waals surface area contributed by atoms with Crippen LogP contribution in [0.15, 0.2) is 0 Å². The van der Waals surface area contributed by atoms with E-state index >= 15 is 0 Å². The van der Waals surface area contributed by atoms with Crippen LogP contribution in [0, 0.1) is 11.8 Å². The van der Waals surface area contributed by atoms with Gasteiger partial charge in [-0.25, -0.2) is 0 Å². The molecule has 1 fully saturated rings. The van der Waals surface area contributed by atoms with Crippen molar-refractivity contribution in [3.05, 3.63) is 0 Å². The molecule has 0 aromatic rings. The van der Waals surface area contributed by atoms with Crippen LogP contribution in [0.4, 0.5) is 0 Å². The topological polar surface area (TPSA) is 55.6 Å². The van der Waals surface area contributed by atoms with Crippen molar-refractivity contribution in [2.24, 2.45) is 17.6 Å². The predicted molar refractivity (Wildman–Crippen MR) is 71.2 cm³/mol. The van der Waals surface area contributed by atoms with Gasteiger partial charge < -0.3 is 15.4 Å². The molecule has 0 aromatic heterocycles. The Morgan fingerprint density at radius 3 is 2.65 bits per heavy atom. The minimum atomic E-state index is -0.0659. The first kappa shape index (κ1) is 16.7. The molecule has 102 valence electrons. The molecule has 2 N–H and O–H groups in total. The summed E-state index contributed by atoms with van der Waals surface area (Å²) >= 11 is 0. The highest BCUT2D eigenvalue weighted by molar-refractivity contribution is 5.85. The van der Waals surface area contributed by atoms with Crippen molar-refractivity contribution in [1.82, 2.24) is 4.90 Å². The van der Waals surface area contributed by atoms with Crippen molar-refractivity contribution in [1.29, 1.82) is 0 Å². The number of rotatable bonds is 5. The first-order chi connectivity index (χ1) is 7.54. The number of halogens is 1. The van der Waals surface area contributed by atoms with Crippen molar-refractivity contribution in [2.75, 3.05) is 26.2 Å². The van der Waals surface area contributed by atoms with Crippen LogP contribution in [0.2, 0.25) is 0 Å². The molecule has 1 amide bonds. The van der Waals surface area contributed by atoms with E-state index < -0.39 is 0 Å². The SMILES string of the molecule is CC(C)COC1CCN(C(=O)C(C)CN)C1.Cl. The summed E-state index contributed by atoms with van der Waals surface area (Å²) in [6.07, 6.45) is 1.17. The number of likely N-dealkylation sites (tertiary alicyclic amines) is 1. The molecule has 1 heterocycles. The Balaban J connectivity index is 0.00000256. The van der Waals surface area contributed by atoms with Crippen molar-refractivity contribution in [2.45, 2.75) is 33.3 Å². The van der Waals surface area contributed by atoms with Gasteiger partial charge in [0.05, 0.1) is 6.10 Å². The lowest BCUT2D eigenvalue weighted by Crippen LogP contribution is -2.37. The second kappa shape index (κ2) is 7.90. The lowest BCUT2D eigenvalue weighted by Gasteiger charge is -2.20. The molecule has 0 saturated carbocycles. The van der Waals surface area contributed by atoms with Gasteiger partial charge in [0.1, 0.15) is 0 Å². The molecule has 17 heavy (non-hydrogen) atoms. The Labute approximate surface area is 110 Å². The number of carbonyl (C=O) groups is 1. The monoisotopic (exact) mass is 264 g/mol. The molecule has 5 heteroatoms. The number of ether oxygens (including phenoxy) is 1. The summed E-state index contributed by atoms with van der Waals surface area (Å²) in [5.74, 6) is 0.648. The number of hydrogen-bond donors (Lipinski definition) is 1. The minimum Gasteiger partial charge on any atom is -0.376 e. The van der Waals surface area contributed by atoms with Crippen LogP contribution in [0.25, 0.3) is 0 Å². The Morgan fingerprint density at radius 2 is 2.12 bits per heavy atom. The van der Waals surface area contributed by atoms with E-state index in [4.69, 9.17) is 10.5 Å². The smallest absolute Gasteiger partial charge is 0.226 e. The molecule has 2 unspecified atom stereocenters. The first-order valence-electron chi connectivity index (χ1n) is 6.15. The van der Waals surface area contributed by atoms with Crippen LogP contribution in [-0.4, -0.2) is 43.2 Å². The van der Waals surface area contributed by atoms with E-state index in [9.17, 15) is 4.79 Å². The van der Waals surface area contributed by atoms with E-state index in [0.29, 0.717) is 12.5 Å². The largest absolute Gasteiger partial charge is 0.376 e. The van der Waals surface area contributed by atoms with E-state index in [0.717, 1.165) is 26.1 Å². The Hall–Kier alpha value is -0.320. The fourth-order valence-electron chi connectivity index (χ4n) is 1.81. The highest BCUT2D eigenvalue weighted by Gasteiger charge is 2.28. The molecular weight excluding hydrogens is 240 g/mol. The van der Waals surface area contributed by atoms with Crippen LogP contribution in [0.5, 0.6) is 0 Å². The fourth-order valence-corrected chi connectivity index (χ4v) is 1.81. The normalized spacial score (nSPS) is 21.5. The van der Waals surface area contributed by atoms with Gasteiger partial charge in [-0.1, -0.05) is 20.8 Å². The van der Waals surface area contributed by atoms with Crippen LogP contribution in [0.1, 0.15) is 27.2 Å². The highest BCUT2D eigenvalue weighted by Crippen LogP contribution is 2.16. The molecular formula is C12H25ClN2O2. The maximum absolute atomic E-state index is 11.9. The summed E-state index contributed by atoms with van der Waals surface area (Å²) in [7, 11) is 0. The molecule has 0 bridgehead atoms. The molecule has 0 aliphatic carbocycles. The Morgan fingerprint density at radius 1 is 1.47 bits per heavy atom. The average molecular weight is 265 g/mol. The zero-order chi connectivity index (χ0) is 12.1. The van der Waals surface area contributed by atoms with Gasteiger partial charge in [-0.05, 0) is 12.3 Å². The van der Waals surface area contributed by atoms with Crippen LogP contribution < -0.4 is 5.73 Å². The van der Waals surface area contributed by atoms with Crippen LogP contribution >= 0.6 is 12.4 Å². The summed E-state index contributed by atoms with van der Waals surface area (Å²) in [5.41, 5.74) is 5.49. The lowest BCUT2D eigenvalue weighted by atomic mass is 10.1. The van der Waals surface area contributed by atoms with E-state index in [-0.39, 0.29) is 30.3 Å². The second-order valence-corrected chi connectivity index (χ2v) is 5.06. The van der Waals surface area contributed by atoms with Gasteiger partial charge in [0.15, 0.2) is 0 Å². The molecule has 2 atom stereocenters. The number of nitrogens with two attached hydrogens (primary N) is 1. The third-order valence-corrected chi connectivity index (χ3v) is 2.90. The molecule has 0 aromatic carbocycles. The van der Waals surface area contributed by atoms with Gasteiger partial charge in [-0.2, -0.15) is 0 Å². The summed E-state index contributed by atoms with van der Waals surface area (Å²) in [6, 6.07) is 0. The van der Waals surface area contributed by atoms with E-state index in [1.54, 1.807) is 0 Å². The van der Waals surface area contributed by atoms with Gasteiger partial charge in [0, 0.05) is 32.2 Å². The molecule has 1 aliphatic heterocycles. The van der Waals surface area contributed by atoms with Gasteiger partial charge in [0.2, 0.25) is 5.91 Å². The van der Waals surface area contributed by atoms with Crippen molar-refractivity contribution < 1.29 is 9.53 Å². The number of hydrogen-bond acceptors (Lipinski definition) is 3. The Kier molecular flexibility index (Phi) is 7.75. The van der Waals surface area contributed by atoms with E-state index in [1.807, 2.05) is 11.8 Å². The minimum absolute atomic E-state index is 0.